The highest BCUT2D eigenvalue weighted by Crippen LogP contribution is 2.19. The number of hydrogen-bond donors (Lipinski definition) is 1. The van der Waals surface area contributed by atoms with Crippen molar-refractivity contribution < 1.29 is 8.42 Å². The van der Waals surface area contributed by atoms with Gasteiger partial charge in [0.25, 0.3) is 0 Å². The van der Waals surface area contributed by atoms with Gasteiger partial charge in [0.1, 0.15) is 0 Å². The highest BCUT2D eigenvalue weighted by atomic mass is 32.2. The SMILES string of the molecule is CCCS(=O)(=O)CCn1cc(-c2ccc(N)cc2)cn1. The topological polar surface area (TPSA) is 78.0 Å². The van der Waals surface area contributed by atoms with Gasteiger partial charge in [-0.25, -0.2) is 8.42 Å². The van der Waals surface area contributed by atoms with E-state index in [1.54, 1.807) is 10.9 Å². The Balaban J connectivity index is 2.04. The lowest BCUT2D eigenvalue weighted by Gasteiger charge is -2.03. The van der Waals surface area contributed by atoms with Gasteiger partial charge < -0.3 is 5.73 Å². The van der Waals surface area contributed by atoms with Crippen LogP contribution in [0.5, 0.6) is 0 Å². The maximum absolute atomic E-state index is 11.7. The van der Waals surface area contributed by atoms with Crippen LogP contribution in [0.3, 0.4) is 0 Å². The first-order valence-corrected chi connectivity index (χ1v) is 8.41. The predicted molar refractivity (Wildman–Crippen MR) is 81.0 cm³/mol. The van der Waals surface area contributed by atoms with Crippen LogP contribution in [0.15, 0.2) is 36.7 Å². The summed E-state index contributed by atoms with van der Waals surface area (Å²) in [6.45, 7) is 2.25. The standard InChI is InChI=1S/C14H19N3O2S/c1-2-8-20(18,19)9-7-17-11-13(10-16-17)12-3-5-14(15)6-4-12/h3-6,10-11H,2,7-9,15H2,1H3. The molecule has 0 saturated heterocycles. The summed E-state index contributed by atoms with van der Waals surface area (Å²) in [5.74, 6) is 0.364. The summed E-state index contributed by atoms with van der Waals surface area (Å²) in [6.07, 6.45) is 4.24. The van der Waals surface area contributed by atoms with Gasteiger partial charge in [-0.1, -0.05) is 19.1 Å². The highest BCUT2D eigenvalue weighted by Gasteiger charge is 2.10. The van der Waals surface area contributed by atoms with E-state index < -0.39 is 9.84 Å². The lowest BCUT2D eigenvalue weighted by atomic mass is 10.1. The van der Waals surface area contributed by atoms with Gasteiger partial charge in [-0.05, 0) is 24.1 Å². The van der Waals surface area contributed by atoms with Crippen molar-refractivity contribution in [2.24, 2.45) is 0 Å². The molecule has 108 valence electrons. The molecule has 2 aromatic rings. The van der Waals surface area contributed by atoms with E-state index in [2.05, 4.69) is 5.10 Å². The zero-order valence-electron chi connectivity index (χ0n) is 11.5. The lowest BCUT2D eigenvalue weighted by molar-refractivity contribution is 0.579. The Labute approximate surface area is 119 Å². The predicted octanol–water partition coefficient (Wildman–Crippen LogP) is 1.96. The largest absolute Gasteiger partial charge is 0.399 e. The molecule has 0 atom stereocenters. The van der Waals surface area contributed by atoms with Gasteiger partial charge in [-0.2, -0.15) is 5.10 Å². The van der Waals surface area contributed by atoms with Crippen LogP contribution < -0.4 is 5.73 Å². The fraction of sp³-hybridized carbons (Fsp3) is 0.357. The minimum atomic E-state index is -2.97. The number of aromatic nitrogens is 2. The van der Waals surface area contributed by atoms with E-state index in [1.165, 1.54) is 0 Å². The molecule has 0 aliphatic heterocycles. The zero-order valence-corrected chi connectivity index (χ0v) is 12.3. The number of nitrogens with zero attached hydrogens (tertiary/aromatic N) is 2. The van der Waals surface area contributed by atoms with Crippen LogP contribution in [0.1, 0.15) is 13.3 Å². The molecule has 0 aliphatic carbocycles. The molecule has 0 radical (unpaired) electrons. The number of sulfone groups is 1. The van der Waals surface area contributed by atoms with E-state index in [-0.39, 0.29) is 11.5 Å². The maximum atomic E-state index is 11.7. The maximum Gasteiger partial charge on any atom is 0.152 e. The molecule has 20 heavy (non-hydrogen) atoms. The number of nitrogen functional groups attached to an aromatic ring is 1. The summed E-state index contributed by atoms with van der Waals surface area (Å²) in [4.78, 5) is 0. The number of anilines is 1. The van der Waals surface area contributed by atoms with Crippen molar-refractivity contribution in [1.82, 2.24) is 9.78 Å². The van der Waals surface area contributed by atoms with Gasteiger partial charge in [-0.15, -0.1) is 0 Å². The average Bonchev–Trinajstić information content (AvgIpc) is 2.86. The van der Waals surface area contributed by atoms with Gasteiger partial charge in [0.05, 0.1) is 18.5 Å². The minimum absolute atomic E-state index is 0.129. The summed E-state index contributed by atoms with van der Waals surface area (Å²) in [5.41, 5.74) is 8.33. The molecule has 1 heterocycles. The first-order chi connectivity index (χ1) is 9.50. The van der Waals surface area contributed by atoms with E-state index in [0.717, 1.165) is 11.1 Å². The second-order valence-electron chi connectivity index (χ2n) is 4.77. The van der Waals surface area contributed by atoms with Crippen molar-refractivity contribution in [1.29, 1.82) is 0 Å². The molecule has 0 unspecified atom stereocenters. The molecule has 0 aliphatic rings. The molecule has 1 aromatic carbocycles. The normalized spacial score (nSPS) is 11.7. The van der Waals surface area contributed by atoms with Crippen molar-refractivity contribution in [3.8, 4) is 11.1 Å². The lowest BCUT2D eigenvalue weighted by Crippen LogP contribution is -2.15. The zero-order chi connectivity index (χ0) is 14.6. The monoisotopic (exact) mass is 293 g/mol. The molecule has 1 aromatic heterocycles. The number of hydrogen-bond acceptors (Lipinski definition) is 4. The van der Waals surface area contributed by atoms with Crippen LogP contribution in [0.25, 0.3) is 11.1 Å². The number of aryl methyl sites for hydroxylation is 1. The van der Waals surface area contributed by atoms with E-state index in [1.807, 2.05) is 37.4 Å². The Kier molecular flexibility index (Phi) is 4.44. The fourth-order valence-corrected chi connectivity index (χ4v) is 3.25. The molecule has 0 amide bonds. The fourth-order valence-electron chi connectivity index (χ4n) is 1.96. The van der Waals surface area contributed by atoms with Crippen molar-refractivity contribution in [2.75, 3.05) is 17.2 Å². The van der Waals surface area contributed by atoms with Crippen molar-refractivity contribution in [3.05, 3.63) is 36.7 Å². The van der Waals surface area contributed by atoms with E-state index in [0.29, 0.717) is 18.7 Å². The van der Waals surface area contributed by atoms with Gasteiger partial charge in [0.2, 0.25) is 0 Å². The van der Waals surface area contributed by atoms with Crippen molar-refractivity contribution in [3.63, 3.8) is 0 Å². The second kappa shape index (κ2) is 6.09. The third-order valence-electron chi connectivity index (χ3n) is 3.02. The van der Waals surface area contributed by atoms with Crippen LogP contribution in [0.2, 0.25) is 0 Å². The van der Waals surface area contributed by atoms with Gasteiger partial charge in [0, 0.05) is 23.2 Å². The highest BCUT2D eigenvalue weighted by molar-refractivity contribution is 7.91. The molecular weight excluding hydrogens is 274 g/mol. The molecule has 2 N–H and O–H groups in total. The summed E-state index contributed by atoms with van der Waals surface area (Å²) >= 11 is 0. The first kappa shape index (κ1) is 14.6. The Morgan fingerprint density at radius 3 is 2.50 bits per heavy atom. The summed E-state index contributed by atoms with van der Waals surface area (Å²) < 4.78 is 25.0. The summed E-state index contributed by atoms with van der Waals surface area (Å²) in [7, 11) is -2.97. The molecule has 0 saturated carbocycles. The summed E-state index contributed by atoms with van der Waals surface area (Å²) in [5, 5.41) is 4.20. The molecule has 0 bridgehead atoms. The van der Waals surface area contributed by atoms with E-state index in [4.69, 9.17) is 5.73 Å². The second-order valence-corrected chi connectivity index (χ2v) is 7.07. The van der Waals surface area contributed by atoms with Crippen molar-refractivity contribution in [2.45, 2.75) is 19.9 Å². The average molecular weight is 293 g/mol. The number of benzene rings is 1. The first-order valence-electron chi connectivity index (χ1n) is 6.59. The quantitative estimate of drug-likeness (QED) is 0.826. The smallest absolute Gasteiger partial charge is 0.152 e. The molecule has 6 heteroatoms. The molecule has 2 rings (SSSR count). The van der Waals surface area contributed by atoms with Gasteiger partial charge in [0.15, 0.2) is 9.84 Å². The van der Waals surface area contributed by atoms with Gasteiger partial charge >= 0.3 is 0 Å². The Morgan fingerprint density at radius 2 is 1.85 bits per heavy atom. The van der Waals surface area contributed by atoms with Gasteiger partial charge in [-0.3, -0.25) is 4.68 Å². The third-order valence-corrected chi connectivity index (χ3v) is 4.86. The van der Waals surface area contributed by atoms with Crippen molar-refractivity contribution >= 4 is 15.5 Å². The molecule has 0 fully saturated rings. The number of nitrogens with two attached hydrogens (primary N) is 1. The Morgan fingerprint density at radius 1 is 1.15 bits per heavy atom. The van der Waals surface area contributed by atoms with Crippen LogP contribution in [0, 0.1) is 0 Å². The van der Waals surface area contributed by atoms with Crippen LogP contribution in [0.4, 0.5) is 5.69 Å². The van der Waals surface area contributed by atoms with Crippen LogP contribution in [-0.2, 0) is 16.4 Å². The number of rotatable bonds is 6. The molecular formula is C14H19N3O2S. The van der Waals surface area contributed by atoms with E-state index in [9.17, 15) is 8.42 Å². The Hall–Kier alpha value is -1.82. The third kappa shape index (κ3) is 3.84. The van der Waals surface area contributed by atoms with E-state index >= 15 is 0 Å². The molecule has 5 nitrogen and oxygen atoms in total. The molecule has 0 spiro atoms. The van der Waals surface area contributed by atoms with Crippen LogP contribution >= 0.6 is 0 Å². The van der Waals surface area contributed by atoms with Crippen LogP contribution in [-0.4, -0.2) is 29.7 Å². The Bertz CT molecular complexity index is 660. The minimum Gasteiger partial charge on any atom is -0.399 e. The summed E-state index contributed by atoms with van der Waals surface area (Å²) in [6, 6.07) is 7.51.